The molecule has 1 amide bonds. The number of rotatable bonds is 5. The van der Waals surface area contributed by atoms with Gasteiger partial charge in [-0.15, -0.1) is 0 Å². The topological polar surface area (TPSA) is 79.4 Å². The second kappa shape index (κ2) is 8.59. The first-order valence-electron chi connectivity index (χ1n) is 10.6. The highest BCUT2D eigenvalue weighted by Gasteiger charge is 2.16. The molecule has 6 heteroatoms. The van der Waals surface area contributed by atoms with E-state index < -0.39 is 0 Å². The number of hydrogen-bond donors (Lipinski definition) is 2. The first-order chi connectivity index (χ1) is 16.2. The van der Waals surface area contributed by atoms with Crippen molar-refractivity contribution < 1.29 is 9.53 Å². The smallest absolute Gasteiger partial charge is 0.289 e. The molecule has 0 unspecified atom stereocenters. The van der Waals surface area contributed by atoms with Gasteiger partial charge in [-0.3, -0.25) is 9.89 Å². The Balaban J connectivity index is 1.43. The van der Waals surface area contributed by atoms with Gasteiger partial charge in [-0.25, -0.2) is 5.43 Å². The normalized spacial score (nSPS) is 11.6. The Hall–Kier alpha value is -4.45. The number of ether oxygens (including phenoxy) is 1. The van der Waals surface area contributed by atoms with E-state index in [4.69, 9.17) is 4.74 Å². The van der Waals surface area contributed by atoms with Gasteiger partial charge in [0.05, 0.1) is 24.1 Å². The molecule has 0 radical (unpaired) electrons. The third kappa shape index (κ3) is 3.83. The molecule has 0 aliphatic rings. The number of nitrogens with one attached hydrogen (secondary N) is 2. The zero-order chi connectivity index (χ0) is 22.8. The second-order valence-corrected chi connectivity index (χ2v) is 7.70. The average Bonchev–Trinajstić information content (AvgIpc) is 3.36. The number of fused-ring (bicyclic) bond motifs is 2. The number of carbonyl (C=O) groups is 1. The maximum atomic E-state index is 12.8. The van der Waals surface area contributed by atoms with Crippen molar-refractivity contribution in [1.82, 2.24) is 15.6 Å². The van der Waals surface area contributed by atoms with Gasteiger partial charge in [-0.2, -0.15) is 10.2 Å². The summed E-state index contributed by atoms with van der Waals surface area (Å²) in [6, 6.07) is 27.7. The van der Waals surface area contributed by atoms with Gasteiger partial charge in [0.25, 0.3) is 5.91 Å². The Morgan fingerprint density at radius 3 is 2.39 bits per heavy atom. The fraction of sp³-hybridized carbons (Fsp3) is 0.0741. The minimum Gasteiger partial charge on any atom is -0.496 e. The van der Waals surface area contributed by atoms with Crippen LogP contribution in [0.2, 0.25) is 0 Å². The van der Waals surface area contributed by atoms with Crippen LogP contribution in [0.15, 0.2) is 90.0 Å². The molecule has 6 nitrogen and oxygen atoms in total. The van der Waals surface area contributed by atoms with E-state index in [1.165, 1.54) is 0 Å². The highest BCUT2D eigenvalue weighted by atomic mass is 16.5. The van der Waals surface area contributed by atoms with Crippen LogP contribution in [0, 0.1) is 0 Å². The summed E-state index contributed by atoms with van der Waals surface area (Å²) in [5.41, 5.74) is 6.11. The lowest BCUT2D eigenvalue weighted by Crippen LogP contribution is -2.19. The maximum Gasteiger partial charge on any atom is 0.289 e. The van der Waals surface area contributed by atoms with Crippen molar-refractivity contribution in [2.45, 2.75) is 6.92 Å². The summed E-state index contributed by atoms with van der Waals surface area (Å²) in [6.45, 7) is 1.88. The fourth-order valence-electron chi connectivity index (χ4n) is 4.05. The van der Waals surface area contributed by atoms with Crippen LogP contribution in [0.4, 0.5) is 0 Å². The van der Waals surface area contributed by atoms with Crippen LogP contribution in [0.1, 0.15) is 23.0 Å². The summed E-state index contributed by atoms with van der Waals surface area (Å²) in [4.78, 5) is 12.8. The van der Waals surface area contributed by atoms with Crippen molar-refractivity contribution in [3.8, 4) is 17.0 Å². The lowest BCUT2D eigenvalue weighted by atomic mass is 10.0. The molecule has 162 valence electrons. The first-order valence-corrected chi connectivity index (χ1v) is 10.6. The summed E-state index contributed by atoms with van der Waals surface area (Å²) in [6.07, 6.45) is 0. The molecule has 1 heterocycles. The standard InChI is InChI=1S/C27H22N4O2/c1-17(20-13-7-10-18-8-3-5-11-21(18)20)28-31-27(32)24-16-23(29-30-24)26-22-12-6-4-9-19(22)14-15-25(26)33-2/h3-16H,1-2H3,(H,29,30)(H,31,32). The number of aromatic amines is 1. The zero-order valence-corrected chi connectivity index (χ0v) is 18.3. The van der Waals surface area contributed by atoms with Gasteiger partial charge in [0.2, 0.25) is 0 Å². The van der Waals surface area contributed by atoms with Gasteiger partial charge < -0.3 is 4.74 Å². The molecule has 1 aromatic heterocycles. The van der Waals surface area contributed by atoms with E-state index in [0.29, 0.717) is 17.1 Å². The molecule has 0 atom stereocenters. The third-order valence-corrected chi connectivity index (χ3v) is 5.69. The van der Waals surface area contributed by atoms with Crippen LogP contribution in [0.25, 0.3) is 32.8 Å². The molecule has 5 aromatic rings. The van der Waals surface area contributed by atoms with Crippen molar-refractivity contribution in [3.63, 3.8) is 0 Å². The summed E-state index contributed by atoms with van der Waals surface area (Å²) >= 11 is 0. The number of H-pyrrole nitrogens is 1. The van der Waals surface area contributed by atoms with Gasteiger partial charge in [-0.05, 0) is 40.6 Å². The molecule has 33 heavy (non-hydrogen) atoms. The molecule has 0 fully saturated rings. The lowest BCUT2D eigenvalue weighted by molar-refractivity contribution is 0.0950. The number of hydrazone groups is 1. The number of benzene rings is 4. The predicted octanol–water partition coefficient (Wildman–Crippen LogP) is 5.55. The number of aromatic nitrogens is 2. The van der Waals surface area contributed by atoms with E-state index in [1.54, 1.807) is 13.2 Å². The minimum atomic E-state index is -0.368. The fourth-order valence-corrected chi connectivity index (χ4v) is 4.05. The second-order valence-electron chi connectivity index (χ2n) is 7.70. The zero-order valence-electron chi connectivity index (χ0n) is 18.3. The summed E-state index contributed by atoms with van der Waals surface area (Å²) in [5, 5.41) is 15.8. The van der Waals surface area contributed by atoms with Crippen LogP contribution < -0.4 is 10.2 Å². The Morgan fingerprint density at radius 2 is 1.61 bits per heavy atom. The molecule has 0 saturated carbocycles. The quantitative estimate of drug-likeness (QED) is 0.281. The molecule has 0 bridgehead atoms. The van der Waals surface area contributed by atoms with Crippen LogP contribution in [0.3, 0.4) is 0 Å². The van der Waals surface area contributed by atoms with Gasteiger partial charge in [0.15, 0.2) is 0 Å². The molecule has 5 rings (SSSR count). The Labute approximate surface area is 190 Å². The van der Waals surface area contributed by atoms with Gasteiger partial charge in [0, 0.05) is 5.56 Å². The number of amides is 1. The number of nitrogens with zero attached hydrogens (tertiary/aromatic N) is 2. The number of carbonyl (C=O) groups excluding carboxylic acids is 1. The molecule has 0 aliphatic carbocycles. The van der Waals surface area contributed by atoms with E-state index in [1.807, 2.05) is 73.7 Å². The minimum absolute atomic E-state index is 0.314. The first kappa shape index (κ1) is 20.5. The molecule has 0 saturated heterocycles. The monoisotopic (exact) mass is 434 g/mol. The highest BCUT2D eigenvalue weighted by Crippen LogP contribution is 2.36. The molecule has 0 aliphatic heterocycles. The predicted molar refractivity (Wildman–Crippen MR) is 132 cm³/mol. The van der Waals surface area contributed by atoms with E-state index in [2.05, 4.69) is 32.9 Å². The largest absolute Gasteiger partial charge is 0.496 e. The van der Waals surface area contributed by atoms with Gasteiger partial charge in [0.1, 0.15) is 11.4 Å². The van der Waals surface area contributed by atoms with E-state index in [0.717, 1.165) is 38.4 Å². The maximum absolute atomic E-state index is 12.8. The summed E-state index contributed by atoms with van der Waals surface area (Å²) < 4.78 is 5.56. The third-order valence-electron chi connectivity index (χ3n) is 5.69. The van der Waals surface area contributed by atoms with Crippen LogP contribution in [-0.4, -0.2) is 28.9 Å². The highest BCUT2D eigenvalue weighted by molar-refractivity contribution is 6.10. The van der Waals surface area contributed by atoms with E-state index in [-0.39, 0.29) is 5.91 Å². The Bertz CT molecular complexity index is 1510. The summed E-state index contributed by atoms with van der Waals surface area (Å²) in [5.74, 6) is 0.324. The Kier molecular flexibility index (Phi) is 5.32. The van der Waals surface area contributed by atoms with Gasteiger partial charge >= 0.3 is 0 Å². The number of hydrogen-bond acceptors (Lipinski definition) is 4. The average molecular weight is 434 g/mol. The van der Waals surface area contributed by atoms with E-state index in [9.17, 15) is 4.79 Å². The van der Waals surface area contributed by atoms with Crippen LogP contribution in [-0.2, 0) is 0 Å². The lowest BCUT2D eigenvalue weighted by Gasteiger charge is -2.09. The molecular weight excluding hydrogens is 412 g/mol. The van der Waals surface area contributed by atoms with Crippen molar-refractivity contribution >= 4 is 33.2 Å². The molecule has 4 aromatic carbocycles. The molecule has 2 N–H and O–H groups in total. The van der Waals surface area contributed by atoms with E-state index >= 15 is 0 Å². The SMILES string of the molecule is COc1ccc2ccccc2c1-c1cc(C(=O)NN=C(C)c2cccc3ccccc23)[nH]n1. The van der Waals surface area contributed by atoms with Gasteiger partial charge in [-0.1, -0.05) is 72.8 Å². The molecule has 0 spiro atoms. The summed E-state index contributed by atoms with van der Waals surface area (Å²) in [7, 11) is 1.62. The van der Waals surface area contributed by atoms with Crippen LogP contribution >= 0.6 is 0 Å². The van der Waals surface area contributed by atoms with Crippen LogP contribution in [0.5, 0.6) is 5.75 Å². The molecular formula is C27H22N4O2. The number of methoxy groups -OCH3 is 1. The van der Waals surface area contributed by atoms with Crippen molar-refractivity contribution in [1.29, 1.82) is 0 Å². The Morgan fingerprint density at radius 1 is 0.909 bits per heavy atom. The van der Waals surface area contributed by atoms with Crippen molar-refractivity contribution in [2.24, 2.45) is 5.10 Å². The van der Waals surface area contributed by atoms with Crippen molar-refractivity contribution in [3.05, 3.63) is 96.2 Å². The van der Waals surface area contributed by atoms with Crippen molar-refractivity contribution in [2.75, 3.05) is 7.11 Å².